The summed E-state index contributed by atoms with van der Waals surface area (Å²) in [5, 5.41) is 8.58. The van der Waals surface area contributed by atoms with Crippen molar-refractivity contribution in [1.82, 2.24) is 0 Å². The molecule has 0 aliphatic carbocycles. The summed E-state index contributed by atoms with van der Waals surface area (Å²) in [6.07, 6.45) is -5.04. The number of carboxylic acids is 1. The second-order valence-corrected chi connectivity index (χ2v) is 3.63. The molecule has 88 valence electrons. The van der Waals surface area contributed by atoms with Gasteiger partial charge in [-0.1, -0.05) is 11.6 Å². The molecule has 16 heavy (non-hydrogen) atoms. The Morgan fingerprint density at radius 3 is 2.50 bits per heavy atom. The predicted octanol–water partition coefficient (Wildman–Crippen LogP) is 3.38. The topological polar surface area (TPSA) is 37.3 Å². The predicted molar refractivity (Wildman–Crippen MR) is 52.4 cm³/mol. The highest BCUT2D eigenvalue weighted by Crippen LogP contribution is 2.33. The molecule has 2 nitrogen and oxygen atoms in total. The van der Waals surface area contributed by atoms with Gasteiger partial charge in [0.1, 0.15) is 0 Å². The van der Waals surface area contributed by atoms with Crippen molar-refractivity contribution in [2.75, 3.05) is 0 Å². The molecule has 0 aromatic heterocycles. The van der Waals surface area contributed by atoms with Crippen LogP contribution in [0, 0.1) is 0 Å². The van der Waals surface area contributed by atoms with E-state index in [1.54, 1.807) is 0 Å². The minimum absolute atomic E-state index is 0.0950. The Morgan fingerprint density at radius 1 is 1.38 bits per heavy atom. The summed E-state index contributed by atoms with van der Waals surface area (Å²) < 4.78 is 37.5. The molecule has 0 saturated heterocycles. The van der Waals surface area contributed by atoms with E-state index >= 15 is 0 Å². The summed E-state index contributed by atoms with van der Waals surface area (Å²) in [5.41, 5.74) is -0.930. The molecular formula is C10H8ClF3O2. The lowest BCUT2D eigenvalue weighted by atomic mass is 10.0. The Bertz CT molecular complexity index is 402. The van der Waals surface area contributed by atoms with Gasteiger partial charge >= 0.3 is 12.1 Å². The van der Waals surface area contributed by atoms with Gasteiger partial charge in [0.2, 0.25) is 0 Å². The number of hydrogen-bond acceptors (Lipinski definition) is 1. The molecule has 0 saturated carbocycles. The highest BCUT2D eigenvalue weighted by atomic mass is 35.5. The van der Waals surface area contributed by atoms with E-state index in [0.29, 0.717) is 0 Å². The summed E-state index contributed by atoms with van der Waals surface area (Å²) in [6.45, 7) is 0. The van der Waals surface area contributed by atoms with Crippen LogP contribution in [0.5, 0.6) is 0 Å². The number of benzene rings is 1. The molecule has 0 aliphatic rings. The van der Waals surface area contributed by atoms with Gasteiger partial charge in [0.15, 0.2) is 0 Å². The first-order valence-electron chi connectivity index (χ1n) is 4.38. The number of rotatable bonds is 3. The van der Waals surface area contributed by atoms with E-state index < -0.39 is 17.7 Å². The molecule has 1 rings (SSSR count). The van der Waals surface area contributed by atoms with E-state index in [-0.39, 0.29) is 23.4 Å². The van der Waals surface area contributed by atoms with Crippen molar-refractivity contribution in [1.29, 1.82) is 0 Å². The Morgan fingerprint density at radius 2 is 2.00 bits per heavy atom. The lowest BCUT2D eigenvalue weighted by Gasteiger charge is -2.12. The van der Waals surface area contributed by atoms with E-state index in [9.17, 15) is 18.0 Å². The van der Waals surface area contributed by atoms with E-state index in [1.165, 1.54) is 0 Å². The van der Waals surface area contributed by atoms with Crippen LogP contribution < -0.4 is 0 Å². The lowest BCUT2D eigenvalue weighted by molar-refractivity contribution is -0.140. The van der Waals surface area contributed by atoms with E-state index in [2.05, 4.69) is 0 Å². The lowest BCUT2D eigenvalue weighted by Crippen LogP contribution is -2.10. The second-order valence-electron chi connectivity index (χ2n) is 3.19. The zero-order valence-corrected chi connectivity index (χ0v) is 8.77. The summed E-state index contributed by atoms with van der Waals surface area (Å²) in [7, 11) is 0. The normalized spacial score (nSPS) is 11.5. The molecule has 1 N–H and O–H groups in total. The highest BCUT2D eigenvalue weighted by molar-refractivity contribution is 6.30. The molecule has 0 spiro atoms. The fourth-order valence-corrected chi connectivity index (χ4v) is 1.48. The van der Waals surface area contributed by atoms with Crippen LogP contribution in [0.25, 0.3) is 0 Å². The standard InChI is InChI=1S/C10H8ClF3O2/c11-7-2-3-8(10(12,13)14)6(5-7)1-4-9(15)16/h2-3,5H,1,4H2,(H,15,16). The van der Waals surface area contributed by atoms with Crippen LogP contribution in [0.15, 0.2) is 18.2 Å². The maximum atomic E-state index is 12.5. The molecule has 1 aromatic carbocycles. The number of halogens is 4. The summed E-state index contributed by atoms with van der Waals surface area (Å²) >= 11 is 5.57. The molecule has 0 amide bonds. The number of hydrogen-bond donors (Lipinski definition) is 1. The van der Waals surface area contributed by atoms with Gasteiger partial charge in [-0.25, -0.2) is 0 Å². The van der Waals surface area contributed by atoms with Gasteiger partial charge in [0.05, 0.1) is 5.56 Å². The molecule has 1 aromatic rings. The van der Waals surface area contributed by atoms with Gasteiger partial charge in [-0.15, -0.1) is 0 Å². The van der Waals surface area contributed by atoms with Gasteiger partial charge in [-0.05, 0) is 30.2 Å². The molecule has 0 heterocycles. The Kier molecular flexibility index (Phi) is 3.80. The zero-order valence-electron chi connectivity index (χ0n) is 8.01. The minimum atomic E-state index is -4.49. The Hall–Kier alpha value is -1.23. The first kappa shape index (κ1) is 12.8. The largest absolute Gasteiger partial charge is 0.481 e. The van der Waals surface area contributed by atoms with Crippen molar-refractivity contribution in [3.05, 3.63) is 34.3 Å². The van der Waals surface area contributed by atoms with Crippen molar-refractivity contribution in [3.8, 4) is 0 Å². The summed E-state index contributed by atoms with van der Waals surface area (Å²) in [4.78, 5) is 10.3. The van der Waals surface area contributed by atoms with Crippen LogP contribution in [-0.4, -0.2) is 11.1 Å². The van der Waals surface area contributed by atoms with E-state index in [1.807, 2.05) is 0 Å². The smallest absolute Gasteiger partial charge is 0.416 e. The minimum Gasteiger partial charge on any atom is -0.481 e. The molecule has 0 aliphatic heterocycles. The first-order valence-corrected chi connectivity index (χ1v) is 4.76. The van der Waals surface area contributed by atoms with Crippen molar-refractivity contribution >= 4 is 17.6 Å². The third-order valence-electron chi connectivity index (χ3n) is 1.98. The molecule has 0 radical (unpaired) electrons. The molecule has 0 unspecified atom stereocenters. The third-order valence-corrected chi connectivity index (χ3v) is 2.22. The average Bonchev–Trinajstić information content (AvgIpc) is 2.12. The first-order chi connectivity index (χ1) is 7.30. The third kappa shape index (κ3) is 3.41. The van der Waals surface area contributed by atoms with Gasteiger partial charge in [-0.3, -0.25) is 4.79 Å². The molecule has 0 atom stereocenters. The van der Waals surface area contributed by atoms with Crippen LogP contribution >= 0.6 is 11.6 Å². The fourth-order valence-electron chi connectivity index (χ4n) is 1.29. The summed E-state index contributed by atoms with van der Waals surface area (Å²) in [6, 6.07) is 3.14. The van der Waals surface area contributed by atoms with Crippen LogP contribution in [0.2, 0.25) is 5.02 Å². The van der Waals surface area contributed by atoms with Gasteiger partial charge in [-0.2, -0.15) is 13.2 Å². The van der Waals surface area contributed by atoms with E-state index in [0.717, 1.165) is 18.2 Å². The Balaban J connectivity index is 3.04. The van der Waals surface area contributed by atoms with Crippen molar-refractivity contribution in [2.24, 2.45) is 0 Å². The molecular weight excluding hydrogens is 245 g/mol. The van der Waals surface area contributed by atoms with Crippen LogP contribution in [0.4, 0.5) is 13.2 Å². The number of carbonyl (C=O) groups is 1. The molecule has 0 fully saturated rings. The second kappa shape index (κ2) is 4.74. The number of aliphatic carboxylic acids is 1. The SMILES string of the molecule is O=C(O)CCc1cc(Cl)ccc1C(F)(F)F. The van der Waals surface area contributed by atoms with Gasteiger partial charge < -0.3 is 5.11 Å². The van der Waals surface area contributed by atoms with Crippen molar-refractivity contribution in [3.63, 3.8) is 0 Å². The summed E-state index contributed by atoms with van der Waals surface area (Å²) in [5.74, 6) is -1.15. The Labute approximate surface area is 94.6 Å². The fraction of sp³-hybridized carbons (Fsp3) is 0.300. The maximum Gasteiger partial charge on any atom is 0.416 e. The van der Waals surface area contributed by atoms with Gasteiger partial charge in [0, 0.05) is 11.4 Å². The highest BCUT2D eigenvalue weighted by Gasteiger charge is 2.33. The monoisotopic (exact) mass is 252 g/mol. The zero-order chi connectivity index (χ0) is 12.3. The average molecular weight is 253 g/mol. The van der Waals surface area contributed by atoms with E-state index in [4.69, 9.17) is 16.7 Å². The molecule has 6 heteroatoms. The van der Waals surface area contributed by atoms with Crippen LogP contribution in [0.3, 0.4) is 0 Å². The van der Waals surface area contributed by atoms with Crippen molar-refractivity contribution in [2.45, 2.75) is 19.0 Å². The van der Waals surface area contributed by atoms with Crippen molar-refractivity contribution < 1.29 is 23.1 Å². The van der Waals surface area contributed by atoms with Crippen LogP contribution in [-0.2, 0) is 17.4 Å². The van der Waals surface area contributed by atoms with Gasteiger partial charge in [0.25, 0.3) is 0 Å². The number of alkyl halides is 3. The quantitative estimate of drug-likeness (QED) is 0.895. The molecule has 0 bridgehead atoms. The number of aryl methyl sites for hydroxylation is 1. The maximum absolute atomic E-state index is 12.5. The number of carboxylic acid groups (broad SMARTS) is 1. The van der Waals surface area contributed by atoms with Crippen LogP contribution in [0.1, 0.15) is 17.5 Å².